The molecule has 162 valence electrons. The summed E-state index contributed by atoms with van der Waals surface area (Å²) in [5.41, 5.74) is 3.37. The third kappa shape index (κ3) is 5.52. The molecule has 0 saturated carbocycles. The van der Waals surface area contributed by atoms with E-state index in [0.717, 1.165) is 50.5 Å². The molecule has 1 aliphatic rings. The first-order valence-corrected chi connectivity index (χ1v) is 10.8. The van der Waals surface area contributed by atoms with E-state index in [9.17, 15) is 4.79 Å². The first kappa shape index (κ1) is 21.1. The summed E-state index contributed by atoms with van der Waals surface area (Å²) >= 11 is 0. The maximum Gasteiger partial charge on any atom is 0.221 e. The maximum atomic E-state index is 11.2. The fourth-order valence-electron chi connectivity index (χ4n) is 4.25. The smallest absolute Gasteiger partial charge is 0.221 e. The molecule has 6 nitrogen and oxygen atoms in total. The summed E-state index contributed by atoms with van der Waals surface area (Å²) in [6.45, 7) is 5.43. The standard InChI is InChI=1S/C25H30N4O2/c1-19(30)27-23-7-3-20(4-8-23)17-28-14-11-22(12-15-28)25-26-13-16-29(25)18-21-5-9-24(31-2)10-6-21/h3-10,13,16,22H,11-12,14-15,17-18H2,1-2H3,(H,27,30). The average molecular weight is 419 g/mol. The summed E-state index contributed by atoms with van der Waals surface area (Å²) in [6, 6.07) is 16.4. The van der Waals surface area contributed by atoms with Crippen molar-refractivity contribution in [1.29, 1.82) is 0 Å². The van der Waals surface area contributed by atoms with Crippen LogP contribution in [0.1, 0.15) is 42.6 Å². The Hall–Kier alpha value is -3.12. The number of aromatic nitrogens is 2. The van der Waals surface area contributed by atoms with E-state index in [0.29, 0.717) is 5.92 Å². The number of likely N-dealkylation sites (tertiary alicyclic amines) is 1. The van der Waals surface area contributed by atoms with Crippen LogP contribution >= 0.6 is 0 Å². The molecule has 1 fully saturated rings. The lowest BCUT2D eigenvalue weighted by atomic mass is 9.95. The number of methoxy groups -OCH3 is 1. The molecule has 0 bridgehead atoms. The number of rotatable bonds is 7. The van der Waals surface area contributed by atoms with Crippen molar-refractivity contribution < 1.29 is 9.53 Å². The summed E-state index contributed by atoms with van der Waals surface area (Å²) in [5.74, 6) is 2.52. The van der Waals surface area contributed by atoms with Crippen molar-refractivity contribution in [2.24, 2.45) is 0 Å². The van der Waals surface area contributed by atoms with Gasteiger partial charge in [-0.1, -0.05) is 24.3 Å². The molecule has 31 heavy (non-hydrogen) atoms. The quantitative estimate of drug-likeness (QED) is 0.622. The van der Waals surface area contributed by atoms with Gasteiger partial charge in [-0.2, -0.15) is 0 Å². The van der Waals surface area contributed by atoms with Gasteiger partial charge in [-0.3, -0.25) is 9.69 Å². The number of nitrogens with zero attached hydrogens (tertiary/aromatic N) is 3. The highest BCUT2D eigenvalue weighted by molar-refractivity contribution is 5.88. The van der Waals surface area contributed by atoms with Crippen LogP contribution in [0.3, 0.4) is 0 Å². The molecule has 0 atom stereocenters. The number of anilines is 1. The van der Waals surface area contributed by atoms with E-state index in [1.165, 1.54) is 23.9 Å². The Balaban J connectivity index is 1.32. The fourth-order valence-corrected chi connectivity index (χ4v) is 4.25. The Bertz CT molecular complexity index is 987. The predicted octanol–water partition coefficient (Wildman–Crippen LogP) is 4.28. The molecule has 2 heterocycles. The first-order valence-electron chi connectivity index (χ1n) is 10.8. The van der Waals surface area contributed by atoms with E-state index in [1.807, 2.05) is 30.5 Å². The number of amides is 1. The molecule has 2 aromatic carbocycles. The summed E-state index contributed by atoms with van der Waals surface area (Å²) in [4.78, 5) is 18.4. The second kappa shape index (κ2) is 9.79. The molecule has 1 N–H and O–H groups in total. The van der Waals surface area contributed by atoms with Gasteiger partial charge in [-0.05, 0) is 61.3 Å². The van der Waals surface area contributed by atoms with Crippen LogP contribution in [-0.2, 0) is 17.9 Å². The third-order valence-corrected chi connectivity index (χ3v) is 5.89. The molecular formula is C25H30N4O2. The Morgan fingerprint density at radius 3 is 2.32 bits per heavy atom. The lowest BCUT2D eigenvalue weighted by Gasteiger charge is -2.32. The van der Waals surface area contributed by atoms with Gasteiger partial charge in [0.25, 0.3) is 0 Å². The van der Waals surface area contributed by atoms with Crippen molar-refractivity contribution >= 4 is 11.6 Å². The number of piperidine rings is 1. The van der Waals surface area contributed by atoms with E-state index in [2.05, 4.69) is 45.2 Å². The van der Waals surface area contributed by atoms with Gasteiger partial charge in [0.05, 0.1) is 7.11 Å². The van der Waals surface area contributed by atoms with Crippen LogP contribution in [0.4, 0.5) is 5.69 Å². The van der Waals surface area contributed by atoms with Gasteiger partial charge < -0.3 is 14.6 Å². The van der Waals surface area contributed by atoms with Gasteiger partial charge in [0.15, 0.2) is 0 Å². The van der Waals surface area contributed by atoms with Gasteiger partial charge in [0.2, 0.25) is 5.91 Å². The van der Waals surface area contributed by atoms with Crippen LogP contribution in [0.25, 0.3) is 0 Å². The highest BCUT2D eigenvalue weighted by atomic mass is 16.5. The average Bonchev–Trinajstić information content (AvgIpc) is 3.24. The number of benzene rings is 2. The van der Waals surface area contributed by atoms with Crippen molar-refractivity contribution in [3.05, 3.63) is 77.9 Å². The lowest BCUT2D eigenvalue weighted by Crippen LogP contribution is -2.33. The summed E-state index contributed by atoms with van der Waals surface area (Å²) in [5, 5.41) is 2.82. The third-order valence-electron chi connectivity index (χ3n) is 5.89. The zero-order chi connectivity index (χ0) is 21.6. The Kier molecular flexibility index (Phi) is 6.67. The number of carbonyl (C=O) groups is 1. The molecule has 1 saturated heterocycles. The van der Waals surface area contributed by atoms with Gasteiger partial charge in [0, 0.05) is 44.0 Å². The molecule has 0 radical (unpaired) electrons. The van der Waals surface area contributed by atoms with Crippen molar-refractivity contribution in [3.8, 4) is 5.75 Å². The van der Waals surface area contributed by atoms with Crippen LogP contribution in [0.15, 0.2) is 60.9 Å². The molecule has 0 aliphatic carbocycles. The van der Waals surface area contributed by atoms with Crippen molar-refractivity contribution in [2.45, 2.75) is 38.8 Å². The minimum Gasteiger partial charge on any atom is -0.497 e. The van der Waals surface area contributed by atoms with E-state index in [1.54, 1.807) is 7.11 Å². The van der Waals surface area contributed by atoms with E-state index in [4.69, 9.17) is 9.72 Å². The monoisotopic (exact) mass is 418 g/mol. The lowest BCUT2D eigenvalue weighted by molar-refractivity contribution is -0.114. The van der Waals surface area contributed by atoms with Crippen molar-refractivity contribution in [3.63, 3.8) is 0 Å². The summed E-state index contributed by atoms with van der Waals surface area (Å²) in [6.07, 6.45) is 6.23. The molecular weight excluding hydrogens is 388 g/mol. The molecule has 1 aromatic heterocycles. The van der Waals surface area contributed by atoms with Gasteiger partial charge in [0.1, 0.15) is 11.6 Å². The van der Waals surface area contributed by atoms with E-state index >= 15 is 0 Å². The molecule has 0 spiro atoms. The van der Waals surface area contributed by atoms with Gasteiger partial charge in [-0.25, -0.2) is 4.98 Å². The van der Waals surface area contributed by atoms with Crippen molar-refractivity contribution in [2.75, 3.05) is 25.5 Å². The van der Waals surface area contributed by atoms with Gasteiger partial charge in [-0.15, -0.1) is 0 Å². The zero-order valence-electron chi connectivity index (χ0n) is 18.3. The van der Waals surface area contributed by atoms with Crippen molar-refractivity contribution in [1.82, 2.24) is 14.5 Å². The maximum absolute atomic E-state index is 11.2. The second-order valence-corrected chi connectivity index (χ2v) is 8.19. The Labute approximate surface area is 183 Å². The molecule has 4 rings (SSSR count). The van der Waals surface area contributed by atoms with E-state index in [-0.39, 0.29) is 5.91 Å². The molecule has 1 aliphatic heterocycles. The van der Waals surface area contributed by atoms with Crippen LogP contribution in [0, 0.1) is 0 Å². The molecule has 3 aromatic rings. The minimum absolute atomic E-state index is 0.0415. The number of ether oxygens (including phenoxy) is 1. The topological polar surface area (TPSA) is 59.4 Å². The number of hydrogen-bond acceptors (Lipinski definition) is 4. The minimum atomic E-state index is -0.0415. The Morgan fingerprint density at radius 2 is 1.68 bits per heavy atom. The molecule has 0 unspecified atom stereocenters. The number of nitrogens with one attached hydrogen (secondary N) is 1. The Morgan fingerprint density at radius 1 is 1.03 bits per heavy atom. The number of carbonyl (C=O) groups excluding carboxylic acids is 1. The highest BCUT2D eigenvalue weighted by Crippen LogP contribution is 2.28. The summed E-state index contributed by atoms with van der Waals surface area (Å²) in [7, 11) is 1.69. The largest absolute Gasteiger partial charge is 0.497 e. The van der Waals surface area contributed by atoms with Crippen LogP contribution in [0.2, 0.25) is 0 Å². The summed E-state index contributed by atoms with van der Waals surface area (Å²) < 4.78 is 7.54. The van der Waals surface area contributed by atoms with Crippen LogP contribution in [0.5, 0.6) is 5.75 Å². The predicted molar refractivity (Wildman–Crippen MR) is 122 cm³/mol. The zero-order valence-corrected chi connectivity index (χ0v) is 18.3. The fraction of sp³-hybridized carbons (Fsp3) is 0.360. The highest BCUT2D eigenvalue weighted by Gasteiger charge is 2.24. The molecule has 1 amide bonds. The molecule has 6 heteroatoms. The van der Waals surface area contributed by atoms with Crippen LogP contribution in [-0.4, -0.2) is 40.6 Å². The van der Waals surface area contributed by atoms with Crippen LogP contribution < -0.4 is 10.1 Å². The normalized spacial score (nSPS) is 15.0. The number of hydrogen-bond donors (Lipinski definition) is 1. The SMILES string of the molecule is COc1ccc(Cn2ccnc2C2CCN(Cc3ccc(NC(C)=O)cc3)CC2)cc1. The van der Waals surface area contributed by atoms with E-state index < -0.39 is 0 Å². The van der Waals surface area contributed by atoms with Gasteiger partial charge >= 0.3 is 0 Å². The second-order valence-electron chi connectivity index (χ2n) is 8.19. The number of imidazole rings is 1. The first-order chi connectivity index (χ1) is 15.1.